The van der Waals surface area contributed by atoms with Gasteiger partial charge < -0.3 is 30.1 Å². The molecule has 4 heterocycles. The number of amides is 1. The molecule has 0 bridgehead atoms. The molecule has 0 unspecified atom stereocenters. The van der Waals surface area contributed by atoms with Crippen LogP contribution in [0.15, 0.2) is 42.7 Å². The summed E-state index contributed by atoms with van der Waals surface area (Å²) in [7, 11) is 0. The molecule has 236 valence electrons. The number of aromatic nitrogens is 4. The summed E-state index contributed by atoms with van der Waals surface area (Å²) in [6.45, 7) is 9.36. The molecule has 6 rings (SSSR count). The van der Waals surface area contributed by atoms with Crippen LogP contribution in [0.1, 0.15) is 64.9 Å². The summed E-state index contributed by atoms with van der Waals surface area (Å²) in [5, 5.41) is 23.1. The third-order valence-corrected chi connectivity index (χ3v) is 9.10. The number of phenols is 1. The van der Waals surface area contributed by atoms with Crippen LogP contribution in [0.5, 0.6) is 5.75 Å². The number of nitrogens with two attached hydrogens (primary N) is 1. The van der Waals surface area contributed by atoms with E-state index in [2.05, 4.69) is 20.2 Å². The largest absolute Gasteiger partial charge is 0.507 e. The van der Waals surface area contributed by atoms with E-state index in [4.69, 9.17) is 15.2 Å². The van der Waals surface area contributed by atoms with Gasteiger partial charge in [0.25, 0.3) is 0 Å². The van der Waals surface area contributed by atoms with Gasteiger partial charge in [-0.05, 0) is 108 Å². The number of aromatic hydroxyl groups is 1. The Morgan fingerprint density at radius 1 is 1.02 bits per heavy atom. The molecule has 2 aromatic heterocycles. The zero-order valence-corrected chi connectivity index (χ0v) is 26.1. The van der Waals surface area contributed by atoms with Gasteiger partial charge in [0.05, 0.1) is 24.1 Å². The lowest BCUT2D eigenvalue weighted by atomic mass is 9.84. The Hall–Kier alpha value is -3.70. The van der Waals surface area contributed by atoms with Crippen molar-refractivity contribution in [3.05, 3.63) is 48.3 Å². The molecule has 11 nitrogen and oxygen atoms in total. The molecule has 1 aliphatic carbocycles. The van der Waals surface area contributed by atoms with Crippen molar-refractivity contribution in [2.24, 2.45) is 5.92 Å². The van der Waals surface area contributed by atoms with Gasteiger partial charge in [0.15, 0.2) is 5.82 Å². The van der Waals surface area contributed by atoms with Crippen molar-refractivity contribution in [2.45, 2.75) is 89.6 Å². The molecule has 0 spiro atoms. The predicted octanol–water partition coefficient (Wildman–Crippen LogP) is 4.82. The number of rotatable bonds is 7. The Balaban J connectivity index is 0.930. The van der Waals surface area contributed by atoms with Crippen molar-refractivity contribution in [1.82, 2.24) is 29.8 Å². The number of benzene rings is 1. The van der Waals surface area contributed by atoms with Gasteiger partial charge in [-0.25, -0.2) is 9.48 Å². The highest BCUT2D eigenvalue weighted by Gasteiger charge is 2.38. The SMILES string of the molecule is CC(C)(C)OC(=O)N1CCC(O[C@H]2C[C@H](N3CCC(Cc4cnn(-c5cc(-c6ccccc6O)nnc5N)c4)CC3)C2)CC1. The van der Waals surface area contributed by atoms with Gasteiger partial charge in [-0.2, -0.15) is 5.10 Å². The van der Waals surface area contributed by atoms with E-state index in [-0.39, 0.29) is 17.9 Å². The lowest BCUT2D eigenvalue weighted by Gasteiger charge is -2.47. The van der Waals surface area contributed by atoms with Gasteiger partial charge in [-0.3, -0.25) is 0 Å². The van der Waals surface area contributed by atoms with E-state index in [0.29, 0.717) is 53.9 Å². The fourth-order valence-corrected chi connectivity index (χ4v) is 6.57. The molecule has 3 fully saturated rings. The Kier molecular flexibility index (Phi) is 8.77. The van der Waals surface area contributed by atoms with Crippen molar-refractivity contribution < 1.29 is 19.4 Å². The van der Waals surface area contributed by atoms with E-state index < -0.39 is 5.60 Å². The standard InChI is InChI=1S/C33H45N7O4/c1-33(2,3)44-32(42)39-14-10-25(11-15-39)43-26-17-24(18-26)38-12-8-22(9-13-38)16-23-20-35-40(21-23)29-19-28(36-37-31(29)34)27-6-4-5-7-30(27)41/h4-7,19-22,24-26,41H,8-18H2,1-3H3,(H2,34,37)/t24-,26-. The molecule has 1 saturated carbocycles. The zero-order valence-electron chi connectivity index (χ0n) is 26.1. The van der Waals surface area contributed by atoms with E-state index in [1.165, 1.54) is 18.4 Å². The maximum atomic E-state index is 12.3. The topological polar surface area (TPSA) is 132 Å². The highest BCUT2D eigenvalue weighted by Crippen LogP contribution is 2.34. The summed E-state index contributed by atoms with van der Waals surface area (Å²) in [5.41, 5.74) is 8.67. The van der Waals surface area contributed by atoms with E-state index in [0.717, 1.165) is 45.2 Å². The number of para-hydroxylation sites is 1. The first-order valence-corrected chi connectivity index (χ1v) is 15.9. The number of anilines is 1. The molecule has 3 aliphatic rings. The van der Waals surface area contributed by atoms with Crippen molar-refractivity contribution in [3.8, 4) is 22.7 Å². The molecular formula is C33H45N7O4. The first-order chi connectivity index (χ1) is 21.1. The highest BCUT2D eigenvalue weighted by molar-refractivity contribution is 5.70. The minimum atomic E-state index is -0.461. The normalized spacial score (nSPS) is 22.1. The smallest absolute Gasteiger partial charge is 0.410 e. The number of hydrogen-bond acceptors (Lipinski definition) is 9. The van der Waals surface area contributed by atoms with E-state index in [1.54, 1.807) is 22.9 Å². The quantitative estimate of drug-likeness (QED) is 0.390. The number of hydrogen-bond donors (Lipinski definition) is 2. The van der Waals surface area contributed by atoms with Gasteiger partial charge in [0.2, 0.25) is 0 Å². The maximum Gasteiger partial charge on any atom is 0.410 e. The van der Waals surface area contributed by atoms with Crippen LogP contribution in [0, 0.1) is 5.92 Å². The van der Waals surface area contributed by atoms with Crippen LogP contribution in [0.2, 0.25) is 0 Å². The number of ether oxygens (including phenoxy) is 2. The summed E-state index contributed by atoms with van der Waals surface area (Å²) < 4.78 is 13.7. The van der Waals surface area contributed by atoms with Gasteiger partial charge in [0, 0.05) is 30.9 Å². The molecule has 3 aromatic rings. The number of nitrogen functional groups attached to an aromatic ring is 1. The van der Waals surface area contributed by atoms with Crippen LogP contribution in [0.3, 0.4) is 0 Å². The summed E-state index contributed by atoms with van der Waals surface area (Å²) in [6, 6.07) is 9.48. The molecule has 11 heteroatoms. The minimum Gasteiger partial charge on any atom is -0.507 e. The number of nitrogens with zero attached hydrogens (tertiary/aromatic N) is 6. The number of carbonyl (C=O) groups is 1. The first kappa shape index (κ1) is 30.3. The fraction of sp³-hybridized carbons (Fsp3) is 0.576. The molecule has 44 heavy (non-hydrogen) atoms. The van der Waals surface area contributed by atoms with Crippen molar-refractivity contribution in [1.29, 1.82) is 0 Å². The number of carbonyl (C=O) groups excluding carboxylic acids is 1. The Bertz CT molecular complexity index is 1430. The second kappa shape index (κ2) is 12.7. The van der Waals surface area contributed by atoms with E-state index in [9.17, 15) is 9.90 Å². The molecule has 0 atom stereocenters. The van der Waals surface area contributed by atoms with Gasteiger partial charge in [-0.1, -0.05) is 12.1 Å². The highest BCUT2D eigenvalue weighted by atomic mass is 16.6. The molecule has 1 aromatic carbocycles. The van der Waals surface area contributed by atoms with E-state index in [1.807, 2.05) is 50.2 Å². The van der Waals surface area contributed by atoms with Crippen molar-refractivity contribution in [2.75, 3.05) is 31.9 Å². The van der Waals surface area contributed by atoms with Gasteiger partial charge in [-0.15, -0.1) is 10.2 Å². The lowest BCUT2D eigenvalue weighted by Crippen LogP contribution is -2.52. The molecule has 2 aliphatic heterocycles. The second-order valence-corrected chi connectivity index (χ2v) is 13.5. The van der Waals surface area contributed by atoms with Gasteiger partial charge in [0.1, 0.15) is 17.0 Å². The summed E-state index contributed by atoms with van der Waals surface area (Å²) in [6.07, 6.45) is 11.6. The van der Waals surface area contributed by atoms with Gasteiger partial charge >= 0.3 is 6.09 Å². The minimum absolute atomic E-state index is 0.146. The third-order valence-electron chi connectivity index (χ3n) is 9.10. The number of piperidine rings is 2. The lowest BCUT2D eigenvalue weighted by molar-refractivity contribution is -0.106. The van der Waals surface area contributed by atoms with Crippen molar-refractivity contribution >= 4 is 11.9 Å². The molecule has 3 N–H and O–H groups in total. The number of phenolic OH excluding ortho intramolecular Hbond substituents is 1. The van der Waals surface area contributed by atoms with E-state index >= 15 is 0 Å². The Labute approximate surface area is 259 Å². The van der Waals surface area contributed by atoms with Crippen LogP contribution in [-0.2, 0) is 15.9 Å². The van der Waals surface area contributed by atoms with Crippen LogP contribution < -0.4 is 5.73 Å². The second-order valence-electron chi connectivity index (χ2n) is 13.5. The van der Waals surface area contributed by atoms with Crippen LogP contribution in [0.25, 0.3) is 16.9 Å². The maximum absolute atomic E-state index is 12.3. The fourth-order valence-electron chi connectivity index (χ4n) is 6.57. The van der Waals surface area contributed by atoms with Crippen LogP contribution in [-0.4, -0.2) is 91.0 Å². The average Bonchev–Trinajstić information content (AvgIpc) is 3.43. The van der Waals surface area contributed by atoms with Crippen molar-refractivity contribution in [3.63, 3.8) is 0 Å². The Morgan fingerprint density at radius 3 is 2.45 bits per heavy atom. The third kappa shape index (κ3) is 7.15. The predicted molar refractivity (Wildman–Crippen MR) is 167 cm³/mol. The van der Waals surface area contributed by atoms with Crippen LogP contribution >= 0.6 is 0 Å². The first-order valence-electron chi connectivity index (χ1n) is 15.9. The molecule has 2 saturated heterocycles. The molecule has 1 amide bonds. The summed E-state index contributed by atoms with van der Waals surface area (Å²) >= 11 is 0. The average molecular weight is 604 g/mol. The number of likely N-dealkylation sites (tertiary alicyclic amines) is 2. The summed E-state index contributed by atoms with van der Waals surface area (Å²) in [4.78, 5) is 16.8. The monoisotopic (exact) mass is 603 g/mol. The molecule has 0 radical (unpaired) electrons. The summed E-state index contributed by atoms with van der Waals surface area (Å²) in [5.74, 6) is 1.06. The Morgan fingerprint density at radius 2 is 1.75 bits per heavy atom. The molecular weight excluding hydrogens is 558 g/mol. The zero-order chi connectivity index (χ0) is 30.8. The van der Waals surface area contributed by atoms with Crippen LogP contribution in [0.4, 0.5) is 10.6 Å².